The van der Waals surface area contributed by atoms with Gasteiger partial charge in [0.15, 0.2) is 11.3 Å². The van der Waals surface area contributed by atoms with E-state index in [1.807, 2.05) is 48.5 Å². The number of hydrogen-bond acceptors (Lipinski definition) is 4. The first-order valence-electron chi connectivity index (χ1n) is 10.6. The highest BCUT2D eigenvalue weighted by Gasteiger charge is 2.21. The topological polar surface area (TPSA) is 28.9 Å². The summed E-state index contributed by atoms with van der Waals surface area (Å²) in [6, 6.07) is 23.3. The number of halogens is 1. The molecule has 158 valence electrons. The van der Waals surface area contributed by atoms with E-state index in [9.17, 15) is 4.39 Å². The van der Waals surface area contributed by atoms with Crippen LogP contribution in [-0.2, 0) is 6.54 Å². The zero-order valence-electron chi connectivity index (χ0n) is 17.6. The number of methoxy groups -OCH3 is 1. The molecule has 5 heteroatoms. The Morgan fingerprint density at radius 3 is 2.39 bits per heavy atom. The van der Waals surface area contributed by atoms with Crippen LogP contribution < -0.4 is 9.64 Å². The molecular formula is C26H25FN2O2. The molecule has 4 nitrogen and oxygen atoms in total. The number of benzene rings is 3. The highest BCUT2D eigenvalue weighted by Crippen LogP contribution is 2.36. The van der Waals surface area contributed by atoms with Gasteiger partial charge in [-0.05, 0) is 29.8 Å². The standard InChI is InChI=1S/C26H25FN2O2/c1-30-24-12-11-20(21-17-25(31-26(21)24)19-7-3-2-4-8-19)18-28-13-15-29(16-14-28)23-10-6-5-9-22(23)27/h2-12,17H,13-16,18H2,1H3. The Hall–Kier alpha value is -3.31. The van der Waals surface area contributed by atoms with E-state index in [4.69, 9.17) is 9.15 Å². The van der Waals surface area contributed by atoms with Crippen LogP contribution in [0.5, 0.6) is 5.75 Å². The van der Waals surface area contributed by atoms with Gasteiger partial charge in [-0.25, -0.2) is 4.39 Å². The Bertz CT molecular complexity index is 1180. The van der Waals surface area contributed by atoms with Gasteiger partial charge in [0.05, 0.1) is 12.8 Å². The average molecular weight is 416 g/mol. The van der Waals surface area contributed by atoms with Gasteiger partial charge in [0.1, 0.15) is 11.6 Å². The lowest BCUT2D eigenvalue weighted by molar-refractivity contribution is 0.250. The average Bonchev–Trinajstić information content (AvgIpc) is 3.27. The summed E-state index contributed by atoms with van der Waals surface area (Å²) in [4.78, 5) is 4.54. The quantitative estimate of drug-likeness (QED) is 0.425. The fraction of sp³-hybridized carbons (Fsp3) is 0.231. The minimum atomic E-state index is -0.153. The molecule has 1 fully saturated rings. The molecule has 4 aromatic rings. The normalized spacial score (nSPS) is 14.8. The molecule has 0 atom stereocenters. The fourth-order valence-corrected chi connectivity index (χ4v) is 4.29. The Balaban J connectivity index is 1.37. The fourth-order valence-electron chi connectivity index (χ4n) is 4.29. The summed E-state index contributed by atoms with van der Waals surface area (Å²) >= 11 is 0. The summed E-state index contributed by atoms with van der Waals surface area (Å²) in [6.07, 6.45) is 0. The summed E-state index contributed by atoms with van der Waals surface area (Å²) in [5.74, 6) is 1.43. The molecule has 1 aromatic heterocycles. The van der Waals surface area contributed by atoms with Gasteiger partial charge in [-0.2, -0.15) is 0 Å². The summed E-state index contributed by atoms with van der Waals surface area (Å²) in [6.45, 7) is 4.19. The van der Waals surface area contributed by atoms with E-state index in [2.05, 4.69) is 21.9 Å². The van der Waals surface area contributed by atoms with Crippen LogP contribution >= 0.6 is 0 Å². The van der Waals surface area contributed by atoms with Crippen LogP contribution in [0.25, 0.3) is 22.3 Å². The SMILES string of the molecule is COc1ccc(CN2CCN(c3ccccc3F)CC2)c2cc(-c3ccccc3)oc12. The van der Waals surface area contributed by atoms with Crippen molar-refractivity contribution < 1.29 is 13.5 Å². The lowest BCUT2D eigenvalue weighted by Gasteiger charge is -2.36. The molecule has 31 heavy (non-hydrogen) atoms. The van der Waals surface area contributed by atoms with E-state index >= 15 is 0 Å². The molecule has 1 saturated heterocycles. The van der Waals surface area contributed by atoms with Crippen LogP contribution in [0.4, 0.5) is 10.1 Å². The number of fused-ring (bicyclic) bond motifs is 1. The third-order valence-corrected chi connectivity index (χ3v) is 5.98. The number of nitrogens with zero attached hydrogens (tertiary/aromatic N) is 2. The summed E-state index contributed by atoms with van der Waals surface area (Å²) in [5.41, 5.74) is 3.73. The van der Waals surface area contributed by atoms with Crippen molar-refractivity contribution in [1.29, 1.82) is 0 Å². The number of para-hydroxylation sites is 1. The van der Waals surface area contributed by atoms with Crippen molar-refractivity contribution in [3.8, 4) is 17.1 Å². The van der Waals surface area contributed by atoms with Gasteiger partial charge in [-0.1, -0.05) is 48.5 Å². The first kappa shape index (κ1) is 19.6. The first-order valence-corrected chi connectivity index (χ1v) is 10.6. The molecule has 3 aromatic carbocycles. The van der Waals surface area contributed by atoms with Crippen molar-refractivity contribution in [1.82, 2.24) is 4.90 Å². The number of hydrogen-bond donors (Lipinski definition) is 0. The molecule has 0 bridgehead atoms. The van der Waals surface area contributed by atoms with E-state index in [1.165, 1.54) is 11.6 Å². The van der Waals surface area contributed by atoms with E-state index in [0.717, 1.165) is 60.8 Å². The van der Waals surface area contributed by atoms with Crippen molar-refractivity contribution in [3.05, 3.63) is 84.2 Å². The summed E-state index contributed by atoms with van der Waals surface area (Å²) in [7, 11) is 1.67. The molecule has 2 heterocycles. The molecule has 1 aliphatic heterocycles. The van der Waals surface area contributed by atoms with E-state index in [0.29, 0.717) is 5.69 Å². The smallest absolute Gasteiger partial charge is 0.176 e. The molecule has 1 aliphatic rings. The van der Waals surface area contributed by atoms with Gasteiger partial charge in [-0.3, -0.25) is 4.90 Å². The molecule has 0 aliphatic carbocycles. The molecule has 0 radical (unpaired) electrons. The maximum Gasteiger partial charge on any atom is 0.176 e. The Kier molecular flexibility index (Phi) is 5.35. The monoisotopic (exact) mass is 416 g/mol. The van der Waals surface area contributed by atoms with Crippen molar-refractivity contribution >= 4 is 16.7 Å². The second-order valence-corrected chi connectivity index (χ2v) is 7.86. The molecule has 0 saturated carbocycles. The first-order chi connectivity index (χ1) is 15.2. The number of ether oxygens (including phenoxy) is 1. The van der Waals surface area contributed by atoms with Crippen molar-refractivity contribution in [2.45, 2.75) is 6.54 Å². The van der Waals surface area contributed by atoms with Gasteiger partial charge in [0, 0.05) is 43.7 Å². The minimum absolute atomic E-state index is 0.153. The number of piperazine rings is 1. The maximum absolute atomic E-state index is 14.1. The van der Waals surface area contributed by atoms with E-state index < -0.39 is 0 Å². The largest absolute Gasteiger partial charge is 0.493 e. The second-order valence-electron chi connectivity index (χ2n) is 7.86. The number of anilines is 1. The number of rotatable bonds is 5. The van der Waals surface area contributed by atoms with Gasteiger partial charge < -0.3 is 14.1 Å². The minimum Gasteiger partial charge on any atom is -0.493 e. The van der Waals surface area contributed by atoms with Gasteiger partial charge in [0.25, 0.3) is 0 Å². The summed E-state index contributed by atoms with van der Waals surface area (Å²) in [5, 5.41) is 1.08. The molecule has 0 unspecified atom stereocenters. The van der Waals surface area contributed by atoms with Crippen molar-refractivity contribution in [2.75, 3.05) is 38.2 Å². The predicted molar refractivity (Wildman–Crippen MR) is 122 cm³/mol. The van der Waals surface area contributed by atoms with Crippen LogP contribution in [0, 0.1) is 5.82 Å². The Labute approximate surface area is 181 Å². The van der Waals surface area contributed by atoms with E-state index in [1.54, 1.807) is 13.2 Å². The van der Waals surface area contributed by atoms with Crippen LogP contribution in [-0.4, -0.2) is 38.2 Å². The molecule has 0 amide bonds. The highest BCUT2D eigenvalue weighted by molar-refractivity contribution is 5.90. The van der Waals surface area contributed by atoms with Crippen molar-refractivity contribution in [3.63, 3.8) is 0 Å². The van der Waals surface area contributed by atoms with Gasteiger partial charge in [0.2, 0.25) is 0 Å². The van der Waals surface area contributed by atoms with Crippen LogP contribution in [0.15, 0.2) is 77.2 Å². The maximum atomic E-state index is 14.1. The molecular weight excluding hydrogens is 391 g/mol. The second kappa shape index (κ2) is 8.44. The zero-order chi connectivity index (χ0) is 21.2. The summed E-state index contributed by atoms with van der Waals surface area (Å²) < 4.78 is 25.9. The zero-order valence-corrected chi connectivity index (χ0v) is 17.6. The Morgan fingerprint density at radius 1 is 0.903 bits per heavy atom. The lowest BCUT2D eigenvalue weighted by Crippen LogP contribution is -2.46. The van der Waals surface area contributed by atoms with Crippen LogP contribution in [0.2, 0.25) is 0 Å². The third kappa shape index (κ3) is 3.89. The van der Waals surface area contributed by atoms with Crippen LogP contribution in [0.1, 0.15) is 5.56 Å². The van der Waals surface area contributed by atoms with Crippen LogP contribution in [0.3, 0.4) is 0 Å². The molecule has 0 N–H and O–H groups in total. The predicted octanol–water partition coefficient (Wildman–Crippen LogP) is 5.57. The third-order valence-electron chi connectivity index (χ3n) is 5.98. The molecule has 0 spiro atoms. The number of furan rings is 1. The molecule has 5 rings (SSSR count). The van der Waals surface area contributed by atoms with Crippen molar-refractivity contribution in [2.24, 2.45) is 0 Å². The lowest BCUT2D eigenvalue weighted by atomic mass is 10.1. The Morgan fingerprint density at radius 2 is 1.65 bits per heavy atom. The van der Waals surface area contributed by atoms with E-state index in [-0.39, 0.29) is 5.82 Å². The highest BCUT2D eigenvalue weighted by atomic mass is 19.1. The van der Waals surface area contributed by atoms with Gasteiger partial charge >= 0.3 is 0 Å². The van der Waals surface area contributed by atoms with Gasteiger partial charge in [-0.15, -0.1) is 0 Å².